The van der Waals surface area contributed by atoms with Gasteiger partial charge in [0.05, 0.1) is 6.33 Å². The fourth-order valence-corrected chi connectivity index (χ4v) is 3.01. The molecule has 0 spiro atoms. The molecule has 12 heteroatoms. The number of carbonyl (C=O) groups excluding carboxylic acids is 4. The normalized spacial score (nSPS) is 12.5. The number of hydrogen-bond donors (Lipinski definition) is 5. The lowest BCUT2D eigenvalue weighted by Gasteiger charge is -2.18. The van der Waals surface area contributed by atoms with Crippen molar-refractivity contribution in [3.05, 3.63) is 18.2 Å². The number of aliphatic carboxylic acids is 1. The average Bonchev–Trinajstić information content (AvgIpc) is 3.10. The molecule has 1 rings (SSSR count). The quantitative estimate of drug-likeness (QED) is 0.301. The molecule has 11 nitrogen and oxygen atoms in total. The highest BCUT2D eigenvalue weighted by atomic mass is 32.2. The first-order chi connectivity index (χ1) is 13.2. The van der Waals surface area contributed by atoms with Gasteiger partial charge in [0, 0.05) is 50.9 Å². The summed E-state index contributed by atoms with van der Waals surface area (Å²) < 4.78 is 0. The third kappa shape index (κ3) is 9.16. The van der Waals surface area contributed by atoms with Crippen LogP contribution in [0.4, 0.5) is 0 Å². The molecule has 28 heavy (non-hydrogen) atoms. The minimum Gasteiger partial charge on any atom is -0.480 e. The number of aromatic nitrogens is 2. The zero-order chi connectivity index (χ0) is 21.1. The summed E-state index contributed by atoms with van der Waals surface area (Å²) >= 11 is 0.702. The van der Waals surface area contributed by atoms with Crippen LogP contribution in [0.5, 0.6) is 0 Å². The number of carbonyl (C=O) groups is 5. The fraction of sp³-hybridized carbons (Fsp3) is 0.500. The zero-order valence-electron chi connectivity index (χ0n) is 15.5. The predicted octanol–water partition coefficient (Wildman–Crippen LogP) is -1.19. The molecule has 154 valence electrons. The van der Waals surface area contributed by atoms with Crippen LogP contribution in [0.1, 0.15) is 26.0 Å². The first kappa shape index (κ1) is 23.1. The van der Waals surface area contributed by atoms with E-state index in [1.807, 2.05) is 0 Å². The highest BCUT2D eigenvalue weighted by Crippen LogP contribution is 2.12. The van der Waals surface area contributed by atoms with E-state index in [1.54, 1.807) is 0 Å². The summed E-state index contributed by atoms with van der Waals surface area (Å²) in [5.74, 6) is -2.69. The van der Waals surface area contributed by atoms with E-state index in [2.05, 4.69) is 25.9 Å². The van der Waals surface area contributed by atoms with Crippen molar-refractivity contribution in [2.45, 2.75) is 38.8 Å². The van der Waals surface area contributed by atoms with Gasteiger partial charge in [0.1, 0.15) is 12.1 Å². The van der Waals surface area contributed by atoms with Gasteiger partial charge in [-0.05, 0) is 0 Å². The molecule has 0 aliphatic rings. The summed E-state index contributed by atoms with van der Waals surface area (Å²) in [5.41, 5.74) is 0.609. The van der Waals surface area contributed by atoms with Crippen LogP contribution in [-0.2, 0) is 30.4 Å². The maximum absolute atomic E-state index is 12.5. The third-order valence-corrected chi connectivity index (χ3v) is 4.46. The van der Waals surface area contributed by atoms with Gasteiger partial charge in [-0.15, -0.1) is 0 Å². The second-order valence-corrected chi connectivity index (χ2v) is 6.88. The Bertz CT molecular complexity index is 708. The molecule has 0 saturated heterocycles. The van der Waals surface area contributed by atoms with E-state index in [0.717, 1.165) is 0 Å². The molecule has 0 fully saturated rings. The van der Waals surface area contributed by atoms with Gasteiger partial charge in [0.15, 0.2) is 0 Å². The van der Waals surface area contributed by atoms with E-state index in [-0.39, 0.29) is 31.0 Å². The third-order valence-electron chi connectivity index (χ3n) is 3.39. The Hall–Kier alpha value is -2.89. The van der Waals surface area contributed by atoms with Gasteiger partial charge in [-0.2, -0.15) is 0 Å². The Morgan fingerprint density at radius 1 is 1.14 bits per heavy atom. The van der Waals surface area contributed by atoms with Crippen LogP contribution in [0.25, 0.3) is 0 Å². The molecule has 0 radical (unpaired) electrons. The molecule has 0 aliphatic heterocycles. The summed E-state index contributed by atoms with van der Waals surface area (Å²) in [7, 11) is 0. The molecule has 1 aromatic rings. The lowest BCUT2D eigenvalue weighted by atomic mass is 10.2. The second-order valence-electron chi connectivity index (χ2n) is 5.86. The number of H-pyrrole nitrogens is 1. The summed E-state index contributed by atoms with van der Waals surface area (Å²) in [4.78, 5) is 64.4. The smallest absolute Gasteiger partial charge is 0.327 e. The Morgan fingerprint density at radius 2 is 1.86 bits per heavy atom. The minimum atomic E-state index is -1.26. The summed E-state index contributed by atoms with van der Waals surface area (Å²) in [6.45, 7) is 2.63. The second kappa shape index (κ2) is 11.7. The van der Waals surface area contributed by atoms with E-state index in [4.69, 9.17) is 5.11 Å². The highest BCUT2D eigenvalue weighted by Gasteiger charge is 2.26. The molecule has 1 aromatic heterocycles. The van der Waals surface area contributed by atoms with Crippen molar-refractivity contribution in [3.8, 4) is 0 Å². The number of carboxylic acids is 1. The van der Waals surface area contributed by atoms with Crippen molar-refractivity contribution < 1.29 is 29.1 Å². The predicted molar refractivity (Wildman–Crippen MR) is 100 cm³/mol. The molecule has 5 N–H and O–H groups in total. The van der Waals surface area contributed by atoms with Crippen LogP contribution in [0.2, 0.25) is 0 Å². The Kier molecular flexibility index (Phi) is 9.71. The molecule has 1 unspecified atom stereocenters. The first-order valence-corrected chi connectivity index (χ1v) is 9.35. The first-order valence-electron chi connectivity index (χ1n) is 8.36. The number of rotatable bonds is 11. The molecule has 0 aromatic carbocycles. The van der Waals surface area contributed by atoms with E-state index in [9.17, 15) is 24.0 Å². The molecule has 2 atom stereocenters. The monoisotopic (exact) mass is 413 g/mol. The molecule has 0 bridgehead atoms. The molecule has 0 saturated carbocycles. The Balaban J connectivity index is 2.70. The number of aromatic amines is 1. The van der Waals surface area contributed by atoms with E-state index >= 15 is 0 Å². The zero-order valence-corrected chi connectivity index (χ0v) is 16.3. The topological polar surface area (TPSA) is 170 Å². The number of amides is 3. The van der Waals surface area contributed by atoms with Gasteiger partial charge < -0.3 is 26.0 Å². The van der Waals surface area contributed by atoms with Crippen LogP contribution in [0.3, 0.4) is 0 Å². The standard InChI is InChI=1S/C16H23N5O6S/c1-9(22)18-4-3-14(24)21-12(5-11-6-17-8-19-11)16(27)28-7-13(15(25)26)20-10(2)23/h6,8,12-13H,3-5,7H2,1-2H3,(H,17,19)(H,18,22)(H,20,23)(H,21,24)(H,25,26)/t12-,13?/m0/s1. The SMILES string of the molecule is CC(=O)NCCC(=O)N[C@@H](Cc1cnc[nH]1)C(=O)SCC(NC(C)=O)C(=O)O. The Morgan fingerprint density at radius 3 is 2.39 bits per heavy atom. The van der Waals surface area contributed by atoms with Crippen molar-refractivity contribution in [3.63, 3.8) is 0 Å². The number of hydrogen-bond acceptors (Lipinski definition) is 7. The van der Waals surface area contributed by atoms with Crippen LogP contribution >= 0.6 is 11.8 Å². The van der Waals surface area contributed by atoms with E-state index < -0.39 is 35.0 Å². The summed E-state index contributed by atoms with van der Waals surface area (Å²) in [5, 5.41) is 16.0. The van der Waals surface area contributed by atoms with Crippen LogP contribution in [-0.4, -0.2) is 68.3 Å². The average molecular weight is 413 g/mol. The minimum absolute atomic E-state index is 0.0132. The van der Waals surface area contributed by atoms with Gasteiger partial charge in [0.2, 0.25) is 22.8 Å². The van der Waals surface area contributed by atoms with Gasteiger partial charge in [-0.3, -0.25) is 19.2 Å². The summed E-state index contributed by atoms with van der Waals surface area (Å²) in [6.07, 6.45) is 3.06. The van der Waals surface area contributed by atoms with Crippen molar-refractivity contribution in [2.24, 2.45) is 0 Å². The highest BCUT2D eigenvalue weighted by molar-refractivity contribution is 8.13. The number of imidazole rings is 1. The number of nitrogens with zero attached hydrogens (tertiary/aromatic N) is 1. The molecule has 3 amide bonds. The van der Waals surface area contributed by atoms with E-state index in [1.165, 1.54) is 26.4 Å². The van der Waals surface area contributed by atoms with Gasteiger partial charge in [0.25, 0.3) is 0 Å². The maximum atomic E-state index is 12.5. The largest absolute Gasteiger partial charge is 0.480 e. The van der Waals surface area contributed by atoms with Crippen LogP contribution in [0.15, 0.2) is 12.5 Å². The Labute approximate surface area is 165 Å². The van der Waals surface area contributed by atoms with Gasteiger partial charge >= 0.3 is 5.97 Å². The number of carboxylic acid groups (broad SMARTS) is 1. The number of nitrogens with one attached hydrogen (secondary N) is 4. The molecular weight excluding hydrogens is 390 g/mol. The van der Waals surface area contributed by atoms with Gasteiger partial charge in [-0.25, -0.2) is 9.78 Å². The molecule has 1 heterocycles. The van der Waals surface area contributed by atoms with Gasteiger partial charge in [-0.1, -0.05) is 11.8 Å². The van der Waals surface area contributed by atoms with Crippen LogP contribution < -0.4 is 16.0 Å². The van der Waals surface area contributed by atoms with E-state index in [0.29, 0.717) is 17.5 Å². The molecule has 0 aliphatic carbocycles. The van der Waals surface area contributed by atoms with Crippen molar-refractivity contribution >= 4 is 40.6 Å². The summed E-state index contributed by atoms with van der Waals surface area (Å²) in [6, 6.07) is -2.16. The number of thioether (sulfide) groups is 1. The maximum Gasteiger partial charge on any atom is 0.327 e. The lowest BCUT2D eigenvalue weighted by molar-refractivity contribution is -0.140. The van der Waals surface area contributed by atoms with Crippen LogP contribution in [0, 0.1) is 0 Å². The van der Waals surface area contributed by atoms with Crippen molar-refractivity contribution in [1.82, 2.24) is 25.9 Å². The fourth-order valence-electron chi connectivity index (χ4n) is 2.11. The van der Waals surface area contributed by atoms with Crippen molar-refractivity contribution in [2.75, 3.05) is 12.3 Å². The molecular formula is C16H23N5O6S. The van der Waals surface area contributed by atoms with Crippen molar-refractivity contribution in [1.29, 1.82) is 0 Å². The lowest BCUT2D eigenvalue weighted by Crippen LogP contribution is -2.44.